The summed E-state index contributed by atoms with van der Waals surface area (Å²) in [5.74, 6) is 0.0980. The Bertz CT molecular complexity index is 1390. The maximum absolute atomic E-state index is 12.5. The van der Waals surface area contributed by atoms with Crippen molar-refractivity contribution < 1.29 is 22.3 Å². The van der Waals surface area contributed by atoms with Crippen molar-refractivity contribution in [2.75, 3.05) is 0 Å². The number of fused-ring (bicyclic) bond motifs is 1. The number of H-pyrrole nitrogens is 1. The van der Waals surface area contributed by atoms with E-state index in [1.807, 2.05) is 10.9 Å². The van der Waals surface area contributed by atoms with Crippen LogP contribution in [0, 0.1) is 0 Å². The second kappa shape index (κ2) is 9.65. The molecule has 5 rings (SSSR count). The zero-order valence-corrected chi connectivity index (χ0v) is 18.6. The van der Waals surface area contributed by atoms with Crippen molar-refractivity contribution in [3.05, 3.63) is 84.0 Å². The van der Waals surface area contributed by atoms with Crippen LogP contribution in [0.3, 0.4) is 0 Å². The number of aryl methyl sites for hydroxylation is 2. The van der Waals surface area contributed by atoms with E-state index < -0.39 is 6.36 Å². The molecule has 0 amide bonds. The Balaban J connectivity index is 1.18. The highest BCUT2D eigenvalue weighted by Crippen LogP contribution is 2.29. The SMILES string of the molecule is FC(F)(F)Oc1ccc2[nH]c(-c3nc(Cc4ccc(CCCCn5ccnn5)cc4)co3)cc2c1. The highest BCUT2D eigenvalue weighted by Gasteiger charge is 2.31. The monoisotopic (exact) mass is 481 g/mol. The molecule has 0 spiro atoms. The lowest BCUT2D eigenvalue weighted by atomic mass is 10.0. The van der Waals surface area contributed by atoms with Gasteiger partial charge in [0.2, 0.25) is 5.89 Å². The van der Waals surface area contributed by atoms with Crippen LogP contribution in [0.1, 0.15) is 29.7 Å². The number of nitrogens with zero attached hydrogens (tertiary/aromatic N) is 4. The third kappa shape index (κ3) is 5.89. The first kappa shape index (κ1) is 22.7. The van der Waals surface area contributed by atoms with Crippen LogP contribution >= 0.6 is 0 Å². The molecule has 0 saturated heterocycles. The number of halogens is 3. The van der Waals surface area contributed by atoms with Crippen molar-refractivity contribution in [2.45, 2.75) is 38.6 Å². The Kier molecular flexibility index (Phi) is 6.26. The van der Waals surface area contributed by atoms with Gasteiger partial charge in [-0.3, -0.25) is 4.68 Å². The number of hydrogen-bond donors (Lipinski definition) is 1. The number of aromatic nitrogens is 5. The van der Waals surface area contributed by atoms with E-state index in [9.17, 15) is 13.2 Å². The molecule has 2 aromatic carbocycles. The van der Waals surface area contributed by atoms with Crippen molar-refractivity contribution in [3.63, 3.8) is 0 Å². The van der Waals surface area contributed by atoms with Crippen molar-refractivity contribution in [1.82, 2.24) is 25.0 Å². The molecular weight excluding hydrogens is 459 g/mol. The third-order valence-electron chi connectivity index (χ3n) is 5.59. The van der Waals surface area contributed by atoms with Gasteiger partial charge < -0.3 is 14.1 Å². The van der Waals surface area contributed by atoms with Gasteiger partial charge in [-0.2, -0.15) is 0 Å². The highest BCUT2D eigenvalue weighted by atomic mass is 19.4. The third-order valence-corrected chi connectivity index (χ3v) is 5.59. The van der Waals surface area contributed by atoms with Crippen molar-refractivity contribution in [2.24, 2.45) is 0 Å². The van der Waals surface area contributed by atoms with E-state index in [4.69, 9.17) is 4.42 Å². The molecule has 0 atom stereocenters. The molecule has 1 N–H and O–H groups in total. The van der Waals surface area contributed by atoms with Crippen molar-refractivity contribution in [1.29, 1.82) is 0 Å². The molecule has 35 heavy (non-hydrogen) atoms. The molecule has 0 unspecified atom stereocenters. The van der Waals surface area contributed by atoms with Crippen LogP contribution in [0.2, 0.25) is 0 Å². The van der Waals surface area contributed by atoms with Gasteiger partial charge in [0.15, 0.2) is 0 Å². The van der Waals surface area contributed by atoms with E-state index in [1.165, 1.54) is 23.8 Å². The molecule has 5 aromatic rings. The van der Waals surface area contributed by atoms with E-state index in [0.717, 1.165) is 37.1 Å². The molecule has 10 heteroatoms. The molecule has 0 aliphatic heterocycles. The first-order valence-electron chi connectivity index (χ1n) is 11.2. The first-order chi connectivity index (χ1) is 16.9. The Morgan fingerprint density at radius 2 is 1.83 bits per heavy atom. The number of unbranched alkanes of at least 4 members (excludes halogenated alkanes) is 1. The fourth-order valence-electron chi connectivity index (χ4n) is 3.92. The molecule has 0 fully saturated rings. The van der Waals surface area contributed by atoms with Crippen LogP contribution in [-0.4, -0.2) is 31.3 Å². The van der Waals surface area contributed by atoms with Crippen molar-refractivity contribution >= 4 is 10.9 Å². The van der Waals surface area contributed by atoms with E-state index in [-0.39, 0.29) is 5.75 Å². The second-order valence-electron chi connectivity index (χ2n) is 8.24. The summed E-state index contributed by atoms with van der Waals surface area (Å²) in [5.41, 5.74) is 4.39. The van der Waals surface area contributed by atoms with Crippen LogP contribution in [0.25, 0.3) is 22.5 Å². The summed E-state index contributed by atoms with van der Waals surface area (Å²) in [6.07, 6.45) is 4.13. The molecule has 7 nitrogen and oxygen atoms in total. The first-order valence-corrected chi connectivity index (χ1v) is 11.2. The molecule has 0 aliphatic rings. The van der Waals surface area contributed by atoms with Gasteiger partial charge in [-0.05, 0) is 54.7 Å². The van der Waals surface area contributed by atoms with Gasteiger partial charge in [-0.25, -0.2) is 4.98 Å². The Morgan fingerprint density at radius 3 is 2.60 bits per heavy atom. The standard InChI is InChI=1S/C25H22F3N5O2/c26-25(27,28)35-21-8-9-22-19(14-21)15-23(31-22)24-30-20(16-34-24)13-18-6-4-17(5-7-18)3-1-2-11-33-12-10-29-32-33/h4-10,12,14-16,31H,1-3,11,13H2. The minimum atomic E-state index is -4.74. The van der Waals surface area contributed by atoms with Crippen LogP contribution in [0.4, 0.5) is 13.2 Å². The largest absolute Gasteiger partial charge is 0.573 e. The minimum absolute atomic E-state index is 0.276. The van der Waals surface area contributed by atoms with Crippen LogP contribution in [0.5, 0.6) is 5.75 Å². The Morgan fingerprint density at radius 1 is 1.00 bits per heavy atom. The molecule has 0 radical (unpaired) electrons. The lowest BCUT2D eigenvalue weighted by Gasteiger charge is -2.08. The molecular formula is C25H22F3N5O2. The number of oxazole rings is 1. The number of hydrogen-bond acceptors (Lipinski definition) is 5. The number of rotatable bonds is 9. The van der Waals surface area contributed by atoms with Gasteiger partial charge in [0.25, 0.3) is 0 Å². The predicted molar refractivity (Wildman–Crippen MR) is 123 cm³/mol. The van der Waals surface area contributed by atoms with E-state index in [2.05, 4.69) is 49.3 Å². The summed E-state index contributed by atoms with van der Waals surface area (Å²) in [5, 5.41) is 8.34. The van der Waals surface area contributed by atoms with E-state index >= 15 is 0 Å². The molecule has 0 saturated carbocycles. The number of alkyl halides is 3. The lowest BCUT2D eigenvalue weighted by molar-refractivity contribution is -0.274. The lowest BCUT2D eigenvalue weighted by Crippen LogP contribution is -2.16. The molecule has 180 valence electrons. The van der Waals surface area contributed by atoms with Gasteiger partial charge in [0, 0.05) is 30.1 Å². The van der Waals surface area contributed by atoms with Gasteiger partial charge in [0.05, 0.1) is 11.9 Å². The van der Waals surface area contributed by atoms with E-state index in [0.29, 0.717) is 28.9 Å². The van der Waals surface area contributed by atoms with Gasteiger partial charge in [-0.1, -0.05) is 29.5 Å². The second-order valence-corrected chi connectivity index (χ2v) is 8.24. The molecule has 0 bridgehead atoms. The Labute approximate surface area is 198 Å². The maximum atomic E-state index is 12.5. The quantitative estimate of drug-likeness (QED) is 0.264. The summed E-state index contributed by atoms with van der Waals surface area (Å²) in [7, 11) is 0. The zero-order valence-electron chi connectivity index (χ0n) is 18.6. The number of nitrogens with one attached hydrogen (secondary N) is 1. The zero-order chi connectivity index (χ0) is 24.3. The molecule has 3 heterocycles. The van der Waals surface area contributed by atoms with Crippen molar-refractivity contribution in [3.8, 4) is 17.3 Å². The summed E-state index contributed by atoms with van der Waals surface area (Å²) in [6.45, 7) is 0.867. The number of ether oxygens (including phenoxy) is 1. The number of benzene rings is 2. The van der Waals surface area contributed by atoms with E-state index in [1.54, 1.807) is 18.5 Å². The highest BCUT2D eigenvalue weighted by molar-refractivity contribution is 5.85. The maximum Gasteiger partial charge on any atom is 0.573 e. The summed E-state index contributed by atoms with van der Waals surface area (Å²) < 4.78 is 48.9. The smallest absolute Gasteiger partial charge is 0.443 e. The summed E-state index contributed by atoms with van der Waals surface area (Å²) >= 11 is 0. The van der Waals surface area contributed by atoms with Crippen LogP contribution < -0.4 is 4.74 Å². The summed E-state index contributed by atoms with van der Waals surface area (Å²) in [6, 6.07) is 14.2. The predicted octanol–water partition coefficient (Wildman–Crippen LogP) is 5.93. The fourth-order valence-corrected chi connectivity index (χ4v) is 3.92. The van der Waals surface area contributed by atoms with Gasteiger partial charge in [-0.15, -0.1) is 18.3 Å². The van der Waals surface area contributed by atoms with Crippen LogP contribution in [-0.2, 0) is 19.4 Å². The molecule has 3 aromatic heterocycles. The minimum Gasteiger partial charge on any atom is -0.443 e. The van der Waals surface area contributed by atoms with Crippen LogP contribution in [0.15, 0.2) is 71.6 Å². The molecule has 0 aliphatic carbocycles. The Hall–Kier alpha value is -4.08. The summed E-state index contributed by atoms with van der Waals surface area (Å²) in [4.78, 5) is 7.66. The van der Waals surface area contributed by atoms with Gasteiger partial charge >= 0.3 is 6.36 Å². The average molecular weight is 481 g/mol. The fraction of sp³-hybridized carbons (Fsp3) is 0.240. The average Bonchev–Trinajstić information content (AvgIpc) is 3.57. The van der Waals surface area contributed by atoms with Gasteiger partial charge in [0.1, 0.15) is 17.7 Å². The normalized spacial score (nSPS) is 11.9. The topological polar surface area (TPSA) is 81.8 Å². The number of aromatic amines is 1.